The lowest BCUT2D eigenvalue weighted by molar-refractivity contribution is 0.513. The molecule has 0 atom stereocenters. The molecule has 0 fully saturated rings. The first-order chi connectivity index (χ1) is 8.24. The molecule has 0 amide bonds. The lowest BCUT2D eigenvalue weighted by Crippen LogP contribution is -1.84. The maximum absolute atomic E-state index is 10.1. The molecule has 0 saturated heterocycles. The molecule has 84 valence electrons. The van der Waals surface area contributed by atoms with Crippen molar-refractivity contribution in [2.45, 2.75) is 9.79 Å². The number of aliphatic hydroxyl groups is 1. The normalized spacial score (nSPS) is 13.4. The molecule has 1 aliphatic rings. The monoisotopic (exact) mass is 260 g/mol. The molecule has 3 rings (SSSR count). The first-order valence-corrected chi connectivity index (χ1v) is 6.41. The Morgan fingerprint density at radius 3 is 2.71 bits per heavy atom. The lowest BCUT2D eigenvalue weighted by Gasteiger charge is -2.06. The molecule has 0 aliphatic carbocycles. The Balaban J connectivity index is 2.24. The van der Waals surface area contributed by atoms with Crippen molar-refractivity contribution in [3.8, 4) is 0 Å². The zero-order valence-electron chi connectivity index (χ0n) is 8.85. The van der Waals surface area contributed by atoms with Gasteiger partial charge in [-0.05, 0) is 35.9 Å². The number of rotatable bonds is 0. The number of hydrogen-bond acceptors (Lipinski definition) is 2. The van der Waals surface area contributed by atoms with Gasteiger partial charge in [0, 0.05) is 20.4 Å². The second kappa shape index (κ2) is 4.13. The van der Waals surface area contributed by atoms with Crippen molar-refractivity contribution < 1.29 is 5.11 Å². The van der Waals surface area contributed by atoms with Crippen LogP contribution in [0.1, 0.15) is 11.1 Å². The van der Waals surface area contributed by atoms with Crippen LogP contribution >= 0.6 is 23.4 Å². The van der Waals surface area contributed by atoms with E-state index in [-0.39, 0.29) is 5.76 Å². The summed E-state index contributed by atoms with van der Waals surface area (Å²) in [6, 6.07) is 13.6. The van der Waals surface area contributed by atoms with Gasteiger partial charge in [-0.2, -0.15) is 0 Å². The molecule has 1 nitrogen and oxygen atoms in total. The summed E-state index contributed by atoms with van der Waals surface area (Å²) in [4.78, 5) is 2.16. The number of halogens is 1. The van der Waals surface area contributed by atoms with Crippen LogP contribution in [0.4, 0.5) is 0 Å². The Morgan fingerprint density at radius 2 is 1.82 bits per heavy atom. The van der Waals surface area contributed by atoms with E-state index in [0.29, 0.717) is 5.02 Å². The lowest BCUT2D eigenvalue weighted by atomic mass is 10.1. The van der Waals surface area contributed by atoms with Gasteiger partial charge in [0.25, 0.3) is 0 Å². The first kappa shape index (κ1) is 10.8. The third-order valence-electron chi connectivity index (χ3n) is 2.65. The van der Waals surface area contributed by atoms with Crippen LogP contribution in [0.2, 0.25) is 5.02 Å². The number of aliphatic hydroxyl groups excluding tert-OH is 1. The van der Waals surface area contributed by atoms with Crippen LogP contribution in [-0.2, 0) is 0 Å². The van der Waals surface area contributed by atoms with E-state index in [1.807, 2.05) is 36.4 Å². The zero-order chi connectivity index (χ0) is 11.8. The second-order valence-corrected chi connectivity index (χ2v) is 5.33. The van der Waals surface area contributed by atoms with Gasteiger partial charge in [0.1, 0.15) is 5.76 Å². The van der Waals surface area contributed by atoms with Gasteiger partial charge < -0.3 is 5.11 Å². The predicted molar refractivity (Wildman–Crippen MR) is 72.5 cm³/mol. The highest BCUT2D eigenvalue weighted by Crippen LogP contribution is 2.40. The highest BCUT2D eigenvalue weighted by Gasteiger charge is 2.15. The summed E-state index contributed by atoms with van der Waals surface area (Å²) in [7, 11) is 0. The number of benzene rings is 2. The van der Waals surface area contributed by atoms with Crippen molar-refractivity contribution in [1.29, 1.82) is 0 Å². The molecule has 0 radical (unpaired) electrons. The minimum absolute atomic E-state index is 0.264. The van der Waals surface area contributed by atoms with E-state index in [1.54, 1.807) is 23.9 Å². The third kappa shape index (κ3) is 1.94. The molecule has 2 aromatic carbocycles. The molecule has 1 heterocycles. The molecule has 17 heavy (non-hydrogen) atoms. The second-order valence-electron chi connectivity index (χ2n) is 3.81. The van der Waals surface area contributed by atoms with Gasteiger partial charge in [-0.3, -0.25) is 0 Å². The molecule has 0 saturated carbocycles. The quantitative estimate of drug-likeness (QED) is 0.730. The molecule has 0 unspecified atom stereocenters. The first-order valence-electron chi connectivity index (χ1n) is 5.21. The van der Waals surface area contributed by atoms with Crippen LogP contribution < -0.4 is 0 Å². The van der Waals surface area contributed by atoms with Crippen molar-refractivity contribution >= 4 is 35.2 Å². The zero-order valence-corrected chi connectivity index (χ0v) is 10.4. The fourth-order valence-electron chi connectivity index (χ4n) is 1.83. The standard InChI is InChI=1S/C14H9ClOS/c15-10-5-6-14-11(8-10)12(16)7-9-3-1-2-4-13(9)17-14/h1-8,16H. The maximum Gasteiger partial charge on any atom is 0.124 e. The van der Waals surface area contributed by atoms with Crippen molar-refractivity contribution in [3.05, 3.63) is 58.6 Å². The molecule has 0 spiro atoms. The van der Waals surface area contributed by atoms with Gasteiger partial charge in [0.05, 0.1) is 0 Å². The summed E-state index contributed by atoms with van der Waals surface area (Å²) in [5, 5.41) is 10.7. The maximum atomic E-state index is 10.1. The van der Waals surface area contributed by atoms with E-state index in [4.69, 9.17) is 11.6 Å². The van der Waals surface area contributed by atoms with E-state index in [1.165, 1.54) is 0 Å². The Morgan fingerprint density at radius 1 is 1.00 bits per heavy atom. The molecular formula is C14H9ClOS. The van der Waals surface area contributed by atoms with E-state index in [9.17, 15) is 5.11 Å². The highest BCUT2D eigenvalue weighted by molar-refractivity contribution is 7.99. The minimum atomic E-state index is 0.264. The van der Waals surface area contributed by atoms with Crippen LogP contribution in [0.15, 0.2) is 52.3 Å². The van der Waals surface area contributed by atoms with Crippen LogP contribution in [-0.4, -0.2) is 5.11 Å². The minimum Gasteiger partial charge on any atom is -0.507 e. The third-order valence-corrected chi connectivity index (χ3v) is 4.05. The summed E-state index contributed by atoms with van der Waals surface area (Å²) in [5.74, 6) is 0.264. The molecule has 0 aromatic heterocycles. The Kier molecular flexibility index (Phi) is 2.61. The van der Waals surface area contributed by atoms with E-state index < -0.39 is 0 Å². The average Bonchev–Trinajstić information content (AvgIpc) is 2.46. The fourth-order valence-corrected chi connectivity index (χ4v) is 3.04. The van der Waals surface area contributed by atoms with Crippen LogP contribution in [0.5, 0.6) is 0 Å². The van der Waals surface area contributed by atoms with E-state index in [0.717, 1.165) is 20.9 Å². The topological polar surface area (TPSA) is 20.2 Å². The van der Waals surface area contributed by atoms with Crippen LogP contribution in [0, 0.1) is 0 Å². The Hall–Kier alpha value is -1.38. The molecule has 0 bridgehead atoms. The Labute approximate surface area is 109 Å². The molecule has 3 heteroatoms. The largest absolute Gasteiger partial charge is 0.507 e. The van der Waals surface area contributed by atoms with Crippen LogP contribution in [0.3, 0.4) is 0 Å². The average molecular weight is 261 g/mol. The summed E-state index contributed by atoms with van der Waals surface area (Å²) in [6.45, 7) is 0. The molecule has 1 aliphatic heterocycles. The molecule has 2 aromatic rings. The van der Waals surface area contributed by atoms with Crippen molar-refractivity contribution in [2.24, 2.45) is 0 Å². The van der Waals surface area contributed by atoms with Crippen LogP contribution in [0.25, 0.3) is 11.8 Å². The fraction of sp³-hybridized carbons (Fsp3) is 0. The number of hydrogen-bond donors (Lipinski definition) is 1. The molecular weight excluding hydrogens is 252 g/mol. The smallest absolute Gasteiger partial charge is 0.124 e. The van der Waals surface area contributed by atoms with Crippen molar-refractivity contribution in [1.82, 2.24) is 0 Å². The van der Waals surface area contributed by atoms with Gasteiger partial charge in [-0.15, -0.1) is 0 Å². The van der Waals surface area contributed by atoms with E-state index >= 15 is 0 Å². The van der Waals surface area contributed by atoms with Crippen molar-refractivity contribution in [3.63, 3.8) is 0 Å². The van der Waals surface area contributed by atoms with Gasteiger partial charge in [0.2, 0.25) is 0 Å². The van der Waals surface area contributed by atoms with Gasteiger partial charge in [-0.1, -0.05) is 41.6 Å². The summed E-state index contributed by atoms with van der Waals surface area (Å²) >= 11 is 7.60. The summed E-state index contributed by atoms with van der Waals surface area (Å²) in [5.41, 5.74) is 1.82. The van der Waals surface area contributed by atoms with E-state index in [2.05, 4.69) is 0 Å². The van der Waals surface area contributed by atoms with Gasteiger partial charge in [-0.25, -0.2) is 0 Å². The Bertz CT molecular complexity index is 619. The summed E-state index contributed by atoms with van der Waals surface area (Å²) in [6.07, 6.45) is 1.78. The van der Waals surface area contributed by atoms with Gasteiger partial charge >= 0.3 is 0 Å². The summed E-state index contributed by atoms with van der Waals surface area (Å²) < 4.78 is 0. The van der Waals surface area contributed by atoms with Gasteiger partial charge in [0.15, 0.2) is 0 Å². The predicted octanol–water partition coefficient (Wildman–Crippen LogP) is 4.86. The highest BCUT2D eigenvalue weighted by atomic mass is 35.5. The molecule has 1 N–H and O–H groups in total. The van der Waals surface area contributed by atoms with Crippen molar-refractivity contribution in [2.75, 3.05) is 0 Å². The SMILES string of the molecule is OC1=Cc2ccccc2Sc2ccc(Cl)cc21. The number of fused-ring (bicyclic) bond motifs is 2.